The van der Waals surface area contributed by atoms with Gasteiger partial charge in [0.1, 0.15) is 11.8 Å². The second-order valence-corrected chi connectivity index (χ2v) is 13.4. The molecule has 0 fully saturated rings. The standard InChI is InChI=1S/C39H46N4O7/c1-21(2)16-33(39(46)43-15-14-31-28(20-43)26-18-24(47-4)9-12-30(26)41-31)42-32-13-10-25-27(19-34(32)45)29(40-22(3)44)11-8-23-17-35(48-5)37(49-6)38(50-7)36(23)25/h9-10,12-13,17-19,21,29,33,41H,8,11,14-16,20H2,1-7H3,(H,40,44)(H,42,45). The molecule has 4 aromatic rings. The van der Waals surface area contributed by atoms with Gasteiger partial charge in [-0.05, 0) is 78.3 Å². The molecule has 0 spiro atoms. The fraction of sp³-hybridized carbons (Fsp3) is 0.410. The summed E-state index contributed by atoms with van der Waals surface area (Å²) in [6.07, 6.45) is 2.38. The molecule has 1 aromatic heterocycles. The average Bonchev–Trinajstić information content (AvgIpc) is 3.31. The van der Waals surface area contributed by atoms with Crippen LogP contribution in [0.1, 0.15) is 62.0 Å². The number of carbonyl (C=O) groups excluding carboxylic acids is 2. The predicted molar refractivity (Wildman–Crippen MR) is 194 cm³/mol. The molecule has 0 saturated carbocycles. The van der Waals surface area contributed by atoms with E-state index in [4.69, 9.17) is 18.9 Å². The first-order valence-electron chi connectivity index (χ1n) is 17.1. The van der Waals surface area contributed by atoms with E-state index in [9.17, 15) is 14.4 Å². The van der Waals surface area contributed by atoms with Crippen LogP contribution >= 0.6 is 0 Å². The van der Waals surface area contributed by atoms with E-state index in [2.05, 4.69) is 29.5 Å². The maximum absolute atomic E-state index is 14.3. The van der Waals surface area contributed by atoms with Crippen LogP contribution < -0.4 is 35.0 Å². The molecule has 6 rings (SSSR count). The lowest BCUT2D eigenvalue weighted by molar-refractivity contribution is -0.133. The molecule has 264 valence electrons. The summed E-state index contributed by atoms with van der Waals surface area (Å²) >= 11 is 0. The Morgan fingerprint density at radius 3 is 2.42 bits per heavy atom. The lowest BCUT2D eigenvalue weighted by atomic mass is 9.95. The molecule has 2 amide bonds. The van der Waals surface area contributed by atoms with Crippen molar-refractivity contribution in [2.75, 3.05) is 40.3 Å². The number of fused-ring (bicyclic) bond motifs is 6. The van der Waals surface area contributed by atoms with Crippen LogP contribution in [0.5, 0.6) is 23.0 Å². The number of hydrogen-bond donors (Lipinski definition) is 3. The molecule has 50 heavy (non-hydrogen) atoms. The van der Waals surface area contributed by atoms with E-state index >= 15 is 0 Å². The highest BCUT2D eigenvalue weighted by Crippen LogP contribution is 2.50. The molecule has 2 heterocycles. The molecule has 0 radical (unpaired) electrons. The van der Waals surface area contributed by atoms with Gasteiger partial charge >= 0.3 is 0 Å². The topological polar surface area (TPSA) is 131 Å². The molecule has 0 bridgehead atoms. The van der Waals surface area contributed by atoms with Crippen molar-refractivity contribution in [1.82, 2.24) is 15.2 Å². The van der Waals surface area contributed by atoms with Crippen molar-refractivity contribution in [3.05, 3.63) is 75.1 Å². The molecule has 11 heteroatoms. The quantitative estimate of drug-likeness (QED) is 0.192. The van der Waals surface area contributed by atoms with E-state index in [0.717, 1.165) is 44.6 Å². The van der Waals surface area contributed by atoms with Crippen LogP contribution in [0.15, 0.2) is 47.3 Å². The molecule has 0 saturated heterocycles. The van der Waals surface area contributed by atoms with Gasteiger partial charge in [-0.15, -0.1) is 0 Å². The highest BCUT2D eigenvalue weighted by molar-refractivity contribution is 5.89. The summed E-state index contributed by atoms with van der Waals surface area (Å²) in [5.41, 5.74) is 6.34. The fourth-order valence-electron chi connectivity index (χ4n) is 7.44. The minimum Gasteiger partial charge on any atom is -0.497 e. The number of aromatic nitrogens is 1. The van der Waals surface area contributed by atoms with Crippen molar-refractivity contribution >= 4 is 28.4 Å². The number of benzene rings is 2. The number of rotatable bonds is 10. The van der Waals surface area contributed by atoms with Gasteiger partial charge in [-0.1, -0.05) is 19.9 Å². The smallest absolute Gasteiger partial charge is 0.245 e. The SMILES string of the molecule is COc1ccc2[nH]c3c(c2c1)CN(C(=O)C(CC(C)C)Nc1ccc2c(cc1=O)C(NC(C)=O)CCc1cc(OC)c(OC)c(OC)c1-2)CC3. The van der Waals surface area contributed by atoms with Crippen LogP contribution in [-0.2, 0) is 29.0 Å². The highest BCUT2D eigenvalue weighted by Gasteiger charge is 2.32. The Morgan fingerprint density at radius 2 is 1.74 bits per heavy atom. The van der Waals surface area contributed by atoms with E-state index in [1.54, 1.807) is 40.6 Å². The van der Waals surface area contributed by atoms with Crippen molar-refractivity contribution in [2.45, 2.75) is 65.1 Å². The number of amides is 2. The van der Waals surface area contributed by atoms with Crippen molar-refractivity contribution in [2.24, 2.45) is 5.92 Å². The maximum Gasteiger partial charge on any atom is 0.245 e. The van der Waals surface area contributed by atoms with Crippen molar-refractivity contribution in [3.8, 4) is 34.1 Å². The Labute approximate surface area is 292 Å². The van der Waals surface area contributed by atoms with Crippen LogP contribution in [0.3, 0.4) is 0 Å². The first kappa shape index (κ1) is 34.7. The molecule has 3 aromatic carbocycles. The van der Waals surface area contributed by atoms with Crippen molar-refractivity contribution in [3.63, 3.8) is 0 Å². The average molecular weight is 683 g/mol. The Bertz CT molecular complexity index is 2000. The van der Waals surface area contributed by atoms with Crippen molar-refractivity contribution in [1.29, 1.82) is 0 Å². The summed E-state index contributed by atoms with van der Waals surface area (Å²) in [5, 5.41) is 7.45. The normalized spacial score (nSPS) is 15.7. The third-order valence-corrected chi connectivity index (χ3v) is 9.75. The van der Waals surface area contributed by atoms with E-state index in [0.29, 0.717) is 67.3 Å². The monoisotopic (exact) mass is 682 g/mol. The highest BCUT2D eigenvalue weighted by atomic mass is 16.5. The van der Waals surface area contributed by atoms with Gasteiger partial charge < -0.3 is 39.5 Å². The van der Waals surface area contributed by atoms with E-state index in [-0.39, 0.29) is 23.2 Å². The summed E-state index contributed by atoms with van der Waals surface area (Å²) < 4.78 is 22.8. The molecule has 1 aliphatic carbocycles. The lowest BCUT2D eigenvalue weighted by Gasteiger charge is -2.32. The molecule has 11 nitrogen and oxygen atoms in total. The molecular formula is C39H46N4O7. The molecule has 3 N–H and O–H groups in total. The van der Waals surface area contributed by atoms with E-state index < -0.39 is 12.1 Å². The maximum atomic E-state index is 14.3. The number of anilines is 1. The summed E-state index contributed by atoms with van der Waals surface area (Å²) in [7, 11) is 6.34. The van der Waals surface area contributed by atoms with Gasteiger partial charge in [0.25, 0.3) is 0 Å². The molecular weight excluding hydrogens is 636 g/mol. The van der Waals surface area contributed by atoms with Gasteiger partial charge in [0.05, 0.1) is 40.2 Å². The largest absolute Gasteiger partial charge is 0.497 e. The second kappa shape index (κ2) is 14.3. The minimum atomic E-state index is -0.636. The molecule has 2 atom stereocenters. The Balaban J connectivity index is 1.40. The fourth-order valence-corrected chi connectivity index (χ4v) is 7.44. The van der Waals surface area contributed by atoms with Gasteiger partial charge in [0, 0.05) is 54.2 Å². The zero-order valence-electron chi connectivity index (χ0n) is 29.8. The van der Waals surface area contributed by atoms with Crippen LogP contribution in [0.4, 0.5) is 5.69 Å². The number of H-pyrrole nitrogens is 1. The zero-order valence-corrected chi connectivity index (χ0v) is 29.8. The van der Waals surface area contributed by atoms with Gasteiger partial charge in [-0.25, -0.2) is 0 Å². The van der Waals surface area contributed by atoms with E-state index in [1.165, 1.54) is 6.92 Å². The zero-order chi connectivity index (χ0) is 35.7. The first-order valence-corrected chi connectivity index (χ1v) is 17.1. The Morgan fingerprint density at radius 1 is 0.960 bits per heavy atom. The van der Waals surface area contributed by atoms with Gasteiger partial charge in [-0.2, -0.15) is 0 Å². The third kappa shape index (κ3) is 6.56. The van der Waals surface area contributed by atoms with E-state index in [1.807, 2.05) is 35.2 Å². The molecule has 2 aliphatic rings. The van der Waals surface area contributed by atoms with Gasteiger partial charge in [0.2, 0.25) is 23.0 Å². The summed E-state index contributed by atoms with van der Waals surface area (Å²) in [4.78, 5) is 46.2. The van der Waals surface area contributed by atoms with Gasteiger partial charge in [0.15, 0.2) is 11.5 Å². The first-order chi connectivity index (χ1) is 24.1. The number of methoxy groups -OCH3 is 4. The number of hydrogen-bond acceptors (Lipinski definition) is 8. The van der Waals surface area contributed by atoms with Crippen molar-refractivity contribution < 1.29 is 28.5 Å². The van der Waals surface area contributed by atoms with Gasteiger partial charge in [-0.3, -0.25) is 14.4 Å². The predicted octanol–water partition coefficient (Wildman–Crippen LogP) is 5.76. The summed E-state index contributed by atoms with van der Waals surface area (Å²) in [6, 6.07) is 12.0. The number of nitrogens with zero attached hydrogens (tertiary/aromatic N) is 1. The molecule has 2 unspecified atom stereocenters. The number of aryl methyl sites for hydroxylation is 1. The lowest BCUT2D eigenvalue weighted by Crippen LogP contribution is -2.46. The van der Waals surface area contributed by atoms with Crippen LogP contribution in [0.2, 0.25) is 0 Å². The minimum absolute atomic E-state index is 0.0611. The van der Waals surface area contributed by atoms with Crippen LogP contribution in [-0.4, -0.2) is 62.7 Å². The Kier molecular flexibility index (Phi) is 9.95. The number of nitrogens with one attached hydrogen (secondary N) is 3. The number of carbonyl (C=O) groups is 2. The van der Waals surface area contributed by atoms with Crippen LogP contribution in [0.25, 0.3) is 22.0 Å². The number of aromatic amines is 1. The summed E-state index contributed by atoms with van der Waals surface area (Å²) in [6.45, 7) is 6.62. The number of ether oxygens (including phenoxy) is 4. The second-order valence-electron chi connectivity index (χ2n) is 13.4. The summed E-state index contributed by atoms with van der Waals surface area (Å²) in [5.74, 6) is 2.13. The van der Waals surface area contributed by atoms with Crippen LogP contribution in [0, 0.1) is 5.92 Å². The Hall–Kier alpha value is -5.19. The molecule has 1 aliphatic heterocycles. The third-order valence-electron chi connectivity index (χ3n) is 9.75.